The van der Waals surface area contributed by atoms with E-state index in [-0.39, 0.29) is 16.9 Å². The van der Waals surface area contributed by atoms with Gasteiger partial charge < -0.3 is 9.84 Å². The molecule has 0 radical (unpaired) electrons. The van der Waals surface area contributed by atoms with Crippen LogP contribution in [0, 0.1) is 17.5 Å². The van der Waals surface area contributed by atoms with Gasteiger partial charge >= 0.3 is 5.97 Å². The van der Waals surface area contributed by atoms with Crippen LogP contribution in [0.5, 0.6) is 5.75 Å². The summed E-state index contributed by atoms with van der Waals surface area (Å²) in [5, 5.41) is 9.26. The maximum atomic E-state index is 14.8. The SMILES string of the molecule is CC(C)(Oc1ccc(F)cc1-c1ccc(S(=O)(=O)c2ccccc2F)c(F)c1)C(=O)O. The van der Waals surface area contributed by atoms with Crippen LogP contribution in [0.2, 0.25) is 0 Å². The first-order valence-corrected chi connectivity index (χ1v) is 10.4. The zero-order valence-electron chi connectivity index (χ0n) is 16.4. The van der Waals surface area contributed by atoms with Gasteiger partial charge in [0.05, 0.1) is 0 Å². The zero-order chi connectivity index (χ0) is 23.0. The Morgan fingerprint density at radius 1 is 0.903 bits per heavy atom. The van der Waals surface area contributed by atoms with Crippen molar-refractivity contribution in [3.8, 4) is 16.9 Å². The molecule has 162 valence electrons. The molecular formula is C22H17F3O5S. The van der Waals surface area contributed by atoms with Gasteiger partial charge in [-0.05, 0) is 61.9 Å². The number of hydrogen-bond acceptors (Lipinski definition) is 4. The van der Waals surface area contributed by atoms with Crippen molar-refractivity contribution < 1.29 is 36.2 Å². The van der Waals surface area contributed by atoms with Crippen LogP contribution in [0.15, 0.2) is 70.5 Å². The Hall–Kier alpha value is -3.33. The van der Waals surface area contributed by atoms with E-state index in [1.54, 1.807) is 0 Å². The van der Waals surface area contributed by atoms with Gasteiger partial charge in [0, 0.05) is 5.56 Å². The summed E-state index contributed by atoms with van der Waals surface area (Å²) >= 11 is 0. The molecule has 0 saturated carbocycles. The zero-order valence-corrected chi connectivity index (χ0v) is 17.2. The average molecular weight is 450 g/mol. The van der Waals surface area contributed by atoms with Gasteiger partial charge in [-0.25, -0.2) is 26.4 Å². The second-order valence-electron chi connectivity index (χ2n) is 7.14. The van der Waals surface area contributed by atoms with Gasteiger partial charge in [-0.1, -0.05) is 18.2 Å². The largest absolute Gasteiger partial charge is 0.478 e. The minimum Gasteiger partial charge on any atom is -0.478 e. The summed E-state index contributed by atoms with van der Waals surface area (Å²) in [4.78, 5) is 9.92. The molecule has 0 spiro atoms. The number of ether oxygens (including phenoxy) is 1. The van der Waals surface area contributed by atoms with Gasteiger partial charge in [0.25, 0.3) is 0 Å². The van der Waals surface area contributed by atoms with E-state index < -0.39 is 48.7 Å². The molecule has 0 aliphatic carbocycles. The lowest BCUT2D eigenvalue weighted by molar-refractivity contribution is -0.152. The van der Waals surface area contributed by atoms with Crippen LogP contribution >= 0.6 is 0 Å². The number of aliphatic carboxylic acids is 1. The Labute approximate surface area is 176 Å². The molecule has 0 aliphatic heterocycles. The molecular weight excluding hydrogens is 433 g/mol. The minimum absolute atomic E-state index is 0.0167. The molecule has 0 heterocycles. The Balaban J connectivity index is 2.10. The third kappa shape index (κ3) is 4.41. The molecule has 0 aliphatic rings. The maximum absolute atomic E-state index is 14.8. The highest BCUT2D eigenvalue weighted by Crippen LogP contribution is 2.35. The number of carbonyl (C=O) groups is 1. The predicted molar refractivity (Wildman–Crippen MR) is 106 cm³/mol. The quantitative estimate of drug-likeness (QED) is 0.581. The van der Waals surface area contributed by atoms with Crippen molar-refractivity contribution in [2.24, 2.45) is 0 Å². The molecule has 3 aromatic carbocycles. The average Bonchev–Trinajstić information content (AvgIpc) is 2.69. The van der Waals surface area contributed by atoms with Crippen molar-refractivity contribution in [1.82, 2.24) is 0 Å². The van der Waals surface area contributed by atoms with Crippen molar-refractivity contribution in [3.05, 3.63) is 78.1 Å². The molecule has 0 unspecified atom stereocenters. The van der Waals surface area contributed by atoms with Crippen molar-refractivity contribution in [1.29, 1.82) is 0 Å². The number of carboxylic acids is 1. The second kappa shape index (κ2) is 8.07. The highest BCUT2D eigenvalue weighted by atomic mass is 32.2. The number of hydrogen-bond donors (Lipinski definition) is 1. The molecule has 0 bridgehead atoms. The summed E-state index contributed by atoms with van der Waals surface area (Å²) in [6.07, 6.45) is 0. The van der Waals surface area contributed by atoms with Crippen LogP contribution in [-0.4, -0.2) is 25.1 Å². The van der Waals surface area contributed by atoms with E-state index in [4.69, 9.17) is 4.74 Å². The Bertz CT molecular complexity index is 1270. The van der Waals surface area contributed by atoms with Gasteiger partial charge in [0.1, 0.15) is 33.0 Å². The summed E-state index contributed by atoms with van der Waals surface area (Å²) in [6.45, 7) is 2.57. The van der Waals surface area contributed by atoms with E-state index in [9.17, 15) is 31.5 Å². The number of carboxylic acid groups (broad SMARTS) is 1. The molecule has 31 heavy (non-hydrogen) atoms. The first-order valence-electron chi connectivity index (χ1n) is 8.95. The third-order valence-corrected chi connectivity index (χ3v) is 6.30. The number of rotatable bonds is 6. The molecule has 0 atom stereocenters. The lowest BCUT2D eigenvalue weighted by Crippen LogP contribution is -2.38. The Kier molecular flexibility index (Phi) is 5.82. The van der Waals surface area contributed by atoms with Gasteiger partial charge in [-0.2, -0.15) is 0 Å². The van der Waals surface area contributed by atoms with Gasteiger partial charge in [-0.15, -0.1) is 0 Å². The molecule has 0 saturated heterocycles. The summed E-state index contributed by atoms with van der Waals surface area (Å²) in [6, 6.07) is 10.8. The van der Waals surface area contributed by atoms with Crippen molar-refractivity contribution in [2.75, 3.05) is 0 Å². The fourth-order valence-electron chi connectivity index (χ4n) is 2.80. The lowest BCUT2D eigenvalue weighted by Gasteiger charge is -2.23. The van der Waals surface area contributed by atoms with Gasteiger partial charge in [0.15, 0.2) is 5.60 Å². The molecule has 1 N–H and O–H groups in total. The summed E-state index contributed by atoms with van der Waals surface area (Å²) in [7, 11) is -4.49. The normalized spacial score (nSPS) is 11.9. The monoisotopic (exact) mass is 450 g/mol. The fourth-order valence-corrected chi connectivity index (χ4v) is 4.19. The van der Waals surface area contributed by atoms with Crippen LogP contribution < -0.4 is 4.74 Å². The van der Waals surface area contributed by atoms with Crippen molar-refractivity contribution in [3.63, 3.8) is 0 Å². The van der Waals surface area contributed by atoms with Crippen LogP contribution in [0.1, 0.15) is 13.8 Å². The van der Waals surface area contributed by atoms with Crippen molar-refractivity contribution >= 4 is 15.8 Å². The number of sulfone groups is 1. The molecule has 0 fully saturated rings. The molecule has 9 heteroatoms. The summed E-state index contributed by atoms with van der Waals surface area (Å²) in [5.74, 6) is -4.23. The predicted octanol–water partition coefficient (Wildman–Crippen LogP) is 4.85. The Morgan fingerprint density at radius 3 is 2.16 bits per heavy atom. The smallest absolute Gasteiger partial charge is 0.347 e. The third-order valence-electron chi connectivity index (χ3n) is 4.48. The lowest BCUT2D eigenvalue weighted by atomic mass is 10.0. The van der Waals surface area contributed by atoms with E-state index in [1.165, 1.54) is 38.1 Å². The van der Waals surface area contributed by atoms with Gasteiger partial charge in [0.2, 0.25) is 9.84 Å². The summed E-state index contributed by atoms with van der Waals surface area (Å²) in [5.41, 5.74) is -1.61. The van der Waals surface area contributed by atoms with E-state index in [0.29, 0.717) is 0 Å². The first-order chi connectivity index (χ1) is 14.4. The fraction of sp³-hybridized carbons (Fsp3) is 0.136. The first kappa shape index (κ1) is 22.4. The van der Waals surface area contributed by atoms with Crippen LogP contribution in [0.25, 0.3) is 11.1 Å². The Morgan fingerprint density at radius 2 is 1.55 bits per heavy atom. The second-order valence-corrected chi connectivity index (χ2v) is 9.02. The molecule has 0 aromatic heterocycles. The molecule has 3 aromatic rings. The van der Waals surface area contributed by atoms with Crippen LogP contribution in [0.3, 0.4) is 0 Å². The standard InChI is InChI=1S/C22H17F3O5S/c1-22(2,21(26)27)30-18-9-8-14(23)12-15(18)13-7-10-20(17(25)11-13)31(28,29)19-6-4-3-5-16(19)24/h3-12H,1-2H3,(H,26,27). The topological polar surface area (TPSA) is 80.7 Å². The minimum atomic E-state index is -4.49. The molecule has 3 rings (SSSR count). The highest BCUT2D eigenvalue weighted by Gasteiger charge is 2.31. The molecule has 0 amide bonds. The van der Waals surface area contributed by atoms with E-state index in [0.717, 1.165) is 36.4 Å². The maximum Gasteiger partial charge on any atom is 0.347 e. The number of benzene rings is 3. The highest BCUT2D eigenvalue weighted by molar-refractivity contribution is 7.91. The van der Waals surface area contributed by atoms with E-state index >= 15 is 0 Å². The van der Waals surface area contributed by atoms with E-state index in [2.05, 4.69) is 0 Å². The van der Waals surface area contributed by atoms with Gasteiger partial charge in [-0.3, -0.25) is 0 Å². The summed E-state index contributed by atoms with van der Waals surface area (Å²) < 4.78 is 73.5. The molecule has 5 nitrogen and oxygen atoms in total. The number of halogens is 3. The van der Waals surface area contributed by atoms with Crippen LogP contribution in [0.4, 0.5) is 13.2 Å². The van der Waals surface area contributed by atoms with Crippen molar-refractivity contribution in [2.45, 2.75) is 29.2 Å². The van der Waals surface area contributed by atoms with Crippen LogP contribution in [-0.2, 0) is 14.6 Å². The van der Waals surface area contributed by atoms with E-state index in [1.807, 2.05) is 0 Å².